The molecule has 0 amide bonds. The van der Waals surface area contributed by atoms with E-state index in [1.807, 2.05) is 55.4 Å². The van der Waals surface area contributed by atoms with Gasteiger partial charge < -0.3 is 15.4 Å². The molecule has 2 aromatic carbocycles. The summed E-state index contributed by atoms with van der Waals surface area (Å²) in [6, 6.07) is 15.0. The van der Waals surface area contributed by atoms with Gasteiger partial charge in [0.25, 0.3) is 0 Å². The van der Waals surface area contributed by atoms with Gasteiger partial charge in [0, 0.05) is 24.8 Å². The second kappa shape index (κ2) is 8.70. The van der Waals surface area contributed by atoms with Crippen LogP contribution in [-0.4, -0.2) is 41.2 Å². The Hall–Kier alpha value is -3.50. The monoisotopic (exact) mass is 454 g/mol. The lowest BCUT2D eigenvalue weighted by molar-refractivity contribution is 0.417. The van der Waals surface area contributed by atoms with E-state index in [4.69, 9.17) is 22.1 Å². The van der Waals surface area contributed by atoms with Gasteiger partial charge in [0.1, 0.15) is 0 Å². The summed E-state index contributed by atoms with van der Waals surface area (Å²) < 4.78 is 7.24. The molecule has 0 atom stereocenters. The Balaban J connectivity index is 1.83. The predicted octanol–water partition coefficient (Wildman–Crippen LogP) is 5.12. The molecule has 2 N–H and O–H groups in total. The number of azo groups is 1. The minimum Gasteiger partial charge on any atom is -0.491 e. The van der Waals surface area contributed by atoms with Gasteiger partial charge in [0.15, 0.2) is 16.5 Å². The van der Waals surface area contributed by atoms with E-state index in [-0.39, 0.29) is 0 Å². The highest BCUT2D eigenvalue weighted by Gasteiger charge is 2.24. The molecule has 2 aromatic heterocycles. The molecule has 0 aliphatic rings. The van der Waals surface area contributed by atoms with E-state index in [1.165, 1.54) is 18.4 Å². The number of hydrogen-bond donors (Lipinski definition) is 1. The molecule has 11 heteroatoms. The van der Waals surface area contributed by atoms with Gasteiger partial charge in [-0.05, 0) is 42.5 Å². The first-order chi connectivity index (χ1) is 15.0. The van der Waals surface area contributed by atoms with Crippen LogP contribution < -0.4 is 15.4 Å². The van der Waals surface area contributed by atoms with Crippen molar-refractivity contribution in [2.24, 2.45) is 10.2 Å². The first kappa shape index (κ1) is 20.8. The quantitative estimate of drug-likeness (QED) is 0.405. The van der Waals surface area contributed by atoms with Crippen molar-refractivity contribution >= 4 is 45.3 Å². The van der Waals surface area contributed by atoms with Gasteiger partial charge in [-0.25, -0.2) is 4.68 Å². The average Bonchev–Trinajstić information content (AvgIpc) is 3.35. The summed E-state index contributed by atoms with van der Waals surface area (Å²) >= 11 is 7.40. The topological polar surface area (TPSA) is 107 Å². The van der Waals surface area contributed by atoms with E-state index < -0.39 is 0 Å². The molecular weight excluding hydrogens is 436 g/mol. The standard InChI is InChI=1S/C20H19ClN8OS/c1-28(2)14-9-7-13(8-10-14)23-24-18-17(30-3)16(19-25-26-20(22)31-19)27-29(18)15-6-4-5-12(21)11-15/h4-11H,1-3H3,(H2,22,26). The second-order valence-corrected chi connectivity index (χ2v) is 8.10. The van der Waals surface area contributed by atoms with E-state index >= 15 is 0 Å². The summed E-state index contributed by atoms with van der Waals surface area (Å²) in [5.74, 6) is 0.801. The highest BCUT2D eigenvalue weighted by molar-refractivity contribution is 7.18. The van der Waals surface area contributed by atoms with Crippen LogP contribution in [0.2, 0.25) is 5.02 Å². The lowest BCUT2D eigenvalue weighted by Crippen LogP contribution is -2.07. The minimum absolute atomic E-state index is 0.332. The molecule has 2 heterocycles. The number of nitrogens with two attached hydrogens (primary N) is 1. The maximum Gasteiger partial charge on any atom is 0.221 e. The van der Waals surface area contributed by atoms with Crippen molar-refractivity contribution in [2.45, 2.75) is 0 Å². The van der Waals surface area contributed by atoms with Crippen LogP contribution in [0.4, 0.5) is 22.3 Å². The van der Waals surface area contributed by atoms with E-state index in [0.717, 1.165) is 5.69 Å². The third-order valence-electron chi connectivity index (χ3n) is 4.35. The van der Waals surface area contributed by atoms with Crippen molar-refractivity contribution in [3.05, 3.63) is 53.6 Å². The number of halogens is 1. The van der Waals surface area contributed by atoms with E-state index in [0.29, 0.717) is 43.8 Å². The molecule has 0 saturated carbocycles. The molecule has 0 spiro atoms. The van der Waals surface area contributed by atoms with Crippen molar-refractivity contribution in [3.8, 4) is 22.1 Å². The van der Waals surface area contributed by atoms with Crippen LogP contribution in [0.5, 0.6) is 5.75 Å². The molecule has 0 aliphatic heterocycles. The number of benzene rings is 2. The minimum atomic E-state index is 0.332. The van der Waals surface area contributed by atoms with Crippen LogP contribution in [0.1, 0.15) is 0 Å². The number of anilines is 2. The average molecular weight is 455 g/mol. The lowest BCUT2D eigenvalue weighted by Gasteiger charge is -2.11. The summed E-state index contributed by atoms with van der Waals surface area (Å²) in [6.07, 6.45) is 0. The molecule has 4 rings (SSSR count). The van der Waals surface area contributed by atoms with Gasteiger partial charge in [-0.1, -0.05) is 29.0 Å². The zero-order valence-electron chi connectivity index (χ0n) is 17.0. The number of methoxy groups -OCH3 is 1. The normalized spacial score (nSPS) is 11.2. The van der Waals surface area contributed by atoms with Gasteiger partial charge in [-0.3, -0.25) is 0 Å². The van der Waals surface area contributed by atoms with Gasteiger partial charge in [-0.2, -0.15) is 5.10 Å². The number of aromatic nitrogens is 4. The van der Waals surface area contributed by atoms with Gasteiger partial charge in [-0.15, -0.1) is 20.4 Å². The van der Waals surface area contributed by atoms with Crippen LogP contribution in [0.15, 0.2) is 58.8 Å². The molecule has 0 saturated heterocycles. The number of nitrogen functional groups attached to an aromatic ring is 1. The maximum absolute atomic E-state index is 6.19. The molecule has 4 aromatic rings. The summed E-state index contributed by atoms with van der Waals surface area (Å²) in [5.41, 5.74) is 8.68. The number of nitrogens with zero attached hydrogens (tertiary/aromatic N) is 7. The lowest BCUT2D eigenvalue weighted by atomic mass is 10.3. The fourth-order valence-electron chi connectivity index (χ4n) is 2.85. The summed E-state index contributed by atoms with van der Waals surface area (Å²) in [4.78, 5) is 2.01. The molecule has 0 bridgehead atoms. The molecule has 9 nitrogen and oxygen atoms in total. The smallest absolute Gasteiger partial charge is 0.221 e. The molecule has 0 aliphatic carbocycles. The van der Waals surface area contributed by atoms with Gasteiger partial charge in [0.05, 0.1) is 18.5 Å². The molecule has 158 valence electrons. The Bertz CT molecular complexity index is 1230. The summed E-state index contributed by atoms with van der Waals surface area (Å²) in [6.45, 7) is 0. The Labute approximate surface area is 187 Å². The van der Waals surface area contributed by atoms with Crippen LogP contribution in [0.25, 0.3) is 16.4 Å². The molecule has 31 heavy (non-hydrogen) atoms. The first-order valence-electron chi connectivity index (χ1n) is 9.17. The summed E-state index contributed by atoms with van der Waals surface area (Å²) in [7, 11) is 5.50. The zero-order chi connectivity index (χ0) is 22.0. The Morgan fingerprint density at radius 2 is 1.87 bits per heavy atom. The van der Waals surface area contributed by atoms with Crippen LogP contribution in [0, 0.1) is 0 Å². The Morgan fingerprint density at radius 1 is 1.10 bits per heavy atom. The third-order valence-corrected chi connectivity index (χ3v) is 5.34. The second-order valence-electron chi connectivity index (χ2n) is 6.65. The van der Waals surface area contributed by atoms with E-state index in [2.05, 4.69) is 25.5 Å². The number of ether oxygens (including phenoxy) is 1. The number of rotatable bonds is 6. The van der Waals surface area contributed by atoms with E-state index in [1.54, 1.807) is 16.8 Å². The van der Waals surface area contributed by atoms with E-state index in [9.17, 15) is 0 Å². The van der Waals surface area contributed by atoms with Crippen molar-refractivity contribution in [3.63, 3.8) is 0 Å². The summed E-state index contributed by atoms with van der Waals surface area (Å²) in [5, 5.41) is 22.9. The van der Waals surface area contributed by atoms with Crippen LogP contribution in [-0.2, 0) is 0 Å². The highest BCUT2D eigenvalue weighted by Crippen LogP contribution is 2.41. The molecule has 0 unspecified atom stereocenters. The molecule has 0 radical (unpaired) electrons. The Morgan fingerprint density at radius 3 is 2.48 bits per heavy atom. The first-order valence-corrected chi connectivity index (χ1v) is 10.4. The predicted molar refractivity (Wildman–Crippen MR) is 123 cm³/mol. The highest BCUT2D eigenvalue weighted by atomic mass is 35.5. The maximum atomic E-state index is 6.19. The number of hydrogen-bond acceptors (Lipinski definition) is 9. The fraction of sp³-hybridized carbons (Fsp3) is 0.150. The van der Waals surface area contributed by atoms with Crippen LogP contribution in [0.3, 0.4) is 0 Å². The molecular formula is C20H19ClN8OS. The van der Waals surface area contributed by atoms with Crippen molar-refractivity contribution in [2.75, 3.05) is 31.8 Å². The van der Waals surface area contributed by atoms with Crippen LogP contribution >= 0.6 is 22.9 Å². The van der Waals surface area contributed by atoms with Crippen molar-refractivity contribution in [1.82, 2.24) is 20.0 Å². The largest absolute Gasteiger partial charge is 0.491 e. The SMILES string of the molecule is COc1c(-c2nnc(N)s2)nn(-c2cccc(Cl)c2)c1N=Nc1ccc(N(C)C)cc1. The van der Waals surface area contributed by atoms with Crippen molar-refractivity contribution in [1.29, 1.82) is 0 Å². The van der Waals surface area contributed by atoms with Crippen molar-refractivity contribution < 1.29 is 4.74 Å². The third kappa shape index (κ3) is 4.35. The van der Waals surface area contributed by atoms with Gasteiger partial charge in [0.2, 0.25) is 10.9 Å². The van der Waals surface area contributed by atoms with Gasteiger partial charge >= 0.3 is 0 Å². The Kier molecular flexibility index (Phi) is 5.83. The fourth-order valence-corrected chi connectivity index (χ4v) is 3.63. The zero-order valence-corrected chi connectivity index (χ0v) is 18.6. The molecule has 0 fully saturated rings.